The first kappa shape index (κ1) is 32.6. The lowest BCUT2D eigenvalue weighted by atomic mass is 10.1. The Hall–Kier alpha value is -3.77. The number of fused-ring (bicyclic) bond motifs is 1. The summed E-state index contributed by atoms with van der Waals surface area (Å²) in [6, 6.07) is 12.1. The van der Waals surface area contributed by atoms with Gasteiger partial charge in [-0.15, -0.1) is 0 Å². The van der Waals surface area contributed by atoms with Gasteiger partial charge in [-0.1, -0.05) is 80.7 Å². The van der Waals surface area contributed by atoms with Crippen molar-refractivity contribution in [3.05, 3.63) is 75.3 Å². The molecule has 2 fully saturated rings. The van der Waals surface area contributed by atoms with Gasteiger partial charge in [0.25, 0.3) is 11.5 Å². The molecule has 238 valence electrons. The molecule has 1 amide bonds. The molecule has 3 aromatic rings. The highest BCUT2D eigenvalue weighted by Crippen LogP contribution is 2.34. The summed E-state index contributed by atoms with van der Waals surface area (Å²) in [5, 5.41) is 8.72. The molecule has 0 radical (unpaired) electrons. The van der Waals surface area contributed by atoms with Crippen LogP contribution in [0.3, 0.4) is 0 Å². The first-order valence-electron chi connectivity index (χ1n) is 15.6. The molecule has 0 unspecified atom stereocenters. The van der Waals surface area contributed by atoms with E-state index in [-0.39, 0.29) is 23.7 Å². The lowest BCUT2D eigenvalue weighted by Crippen LogP contribution is -2.47. The number of unbranched alkanes of at least 4 members (excludes halogenated alkanes) is 7. The van der Waals surface area contributed by atoms with E-state index >= 15 is 0 Å². The molecule has 5 rings (SSSR count). The number of piperazine rings is 1. The van der Waals surface area contributed by atoms with E-state index in [4.69, 9.17) is 22.3 Å². The van der Waals surface area contributed by atoms with Crippen LogP contribution in [0.15, 0.2) is 58.4 Å². The number of nitrogens with zero attached hydrogens (tertiary/aromatic N) is 5. The summed E-state index contributed by atoms with van der Waals surface area (Å²) in [5.74, 6) is -0.691. The Labute approximate surface area is 271 Å². The molecule has 1 aromatic carbocycles. The largest absolute Gasteiger partial charge is 0.481 e. The Balaban J connectivity index is 1.24. The van der Waals surface area contributed by atoms with Gasteiger partial charge in [0.15, 0.2) is 0 Å². The van der Waals surface area contributed by atoms with Crippen LogP contribution in [0.25, 0.3) is 11.7 Å². The molecule has 1 N–H and O–H groups in total. The van der Waals surface area contributed by atoms with Crippen LogP contribution in [0.2, 0.25) is 0 Å². The normalized spacial score (nSPS) is 16.4. The molecule has 0 spiro atoms. The van der Waals surface area contributed by atoms with Crippen molar-refractivity contribution in [1.29, 1.82) is 0 Å². The van der Waals surface area contributed by atoms with Gasteiger partial charge in [0.05, 0.1) is 16.2 Å². The molecule has 2 saturated heterocycles. The van der Waals surface area contributed by atoms with E-state index in [1.807, 2.05) is 21.9 Å². The Morgan fingerprint density at radius 2 is 1.56 bits per heavy atom. The monoisotopic (exact) mass is 651 g/mol. The van der Waals surface area contributed by atoms with Gasteiger partial charge in [0.2, 0.25) is 0 Å². The third-order valence-corrected chi connectivity index (χ3v) is 9.57. The van der Waals surface area contributed by atoms with Crippen molar-refractivity contribution in [2.45, 2.75) is 57.8 Å². The average molecular weight is 652 g/mol. The molecule has 2 aliphatic heterocycles. The van der Waals surface area contributed by atoms with E-state index in [0.717, 1.165) is 51.4 Å². The number of anilines is 2. The summed E-state index contributed by atoms with van der Waals surface area (Å²) >= 11 is 6.78. The van der Waals surface area contributed by atoms with E-state index in [9.17, 15) is 18.8 Å². The number of carboxylic acid groups (broad SMARTS) is 1. The van der Waals surface area contributed by atoms with Gasteiger partial charge < -0.3 is 14.9 Å². The third kappa shape index (κ3) is 8.09. The predicted octanol–water partition coefficient (Wildman–Crippen LogP) is 5.96. The lowest BCUT2D eigenvalue weighted by Gasteiger charge is -2.37. The molecule has 0 atom stereocenters. The van der Waals surface area contributed by atoms with Crippen LogP contribution < -0.4 is 15.4 Å². The standard InChI is InChI=1S/C33H38FN5O4S2/c34-25-13-8-9-14-26(25)36-19-21-37(22-20-36)30-24(31(42)38-17-12-10-15-28(38)35-30)23-27-32(43)39(33(44)45-27)18-11-6-4-2-1-3-5-7-16-29(40)41/h8-10,12-15,17,23H,1-7,11,16,18-22H2,(H,40,41). The number of thiocarbonyl (C=S) groups is 1. The number of benzene rings is 1. The predicted molar refractivity (Wildman–Crippen MR) is 181 cm³/mol. The zero-order valence-electron chi connectivity index (χ0n) is 25.2. The van der Waals surface area contributed by atoms with Crippen molar-refractivity contribution in [1.82, 2.24) is 14.3 Å². The Morgan fingerprint density at radius 1 is 0.911 bits per heavy atom. The minimum Gasteiger partial charge on any atom is -0.481 e. The Kier molecular flexibility index (Phi) is 11.2. The number of hydrogen-bond donors (Lipinski definition) is 1. The molecule has 2 aromatic heterocycles. The summed E-state index contributed by atoms with van der Waals surface area (Å²) in [4.78, 5) is 48.7. The van der Waals surface area contributed by atoms with Crippen LogP contribution in [0.5, 0.6) is 0 Å². The maximum Gasteiger partial charge on any atom is 0.303 e. The van der Waals surface area contributed by atoms with Crippen LogP contribution in [0.4, 0.5) is 15.9 Å². The van der Waals surface area contributed by atoms with E-state index in [2.05, 4.69) is 0 Å². The van der Waals surface area contributed by atoms with Gasteiger partial charge in [-0.3, -0.25) is 23.7 Å². The highest BCUT2D eigenvalue weighted by molar-refractivity contribution is 8.26. The minimum atomic E-state index is -0.737. The average Bonchev–Trinajstić information content (AvgIpc) is 3.30. The first-order valence-corrected chi connectivity index (χ1v) is 16.8. The molecule has 2 aliphatic rings. The number of aliphatic carboxylic acids is 1. The van der Waals surface area contributed by atoms with Crippen LogP contribution in [0, 0.1) is 5.82 Å². The number of carbonyl (C=O) groups is 2. The number of aromatic nitrogens is 2. The Morgan fingerprint density at radius 3 is 2.27 bits per heavy atom. The van der Waals surface area contributed by atoms with Crippen molar-refractivity contribution < 1.29 is 19.1 Å². The summed E-state index contributed by atoms with van der Waals surface area (Å²) in [6.45, 7) is 2.72. The van der Waals surface area contributed by atoms with Gasteiger partial charge in [-0.25, -0.2) is 9.37 Å². The molecule has 0 saturated carbocycles. The van der Waals surface area contributed by atoms with Gasteiger partial charge in [-0.05, 0) is 43.2 Å². The molecule has 0 bridgehead atoms. The number of halogens is 1. The zero-order valence-corrected chi connectivity index (χ0v) is 26.8. The third-order valence-electron chi connectivity index (χ3n) is 8.19. The van der Waals surface area contributed by atoms with E-state index in [1.54, 1.807) is 41.4 Å². The topological polar surface area (TPSA) is 98.5 Å². The second-order valence-electron chi connectivity index (χ2n) is 11.3. The molecule has 0 aliphatic carbocycles. The fraction of sp³-hybridized carbons (Fsp3) is 0.424. The first-order chi connectivity index (χ1) is 21.8. The molecule has 12 heteroatoms. The fourth-order valence-electron chi connectivity index (χ4n) is 5.76. The van der Waals surface area contributed by atoms with Crippen LogP contribution in [-0.4, -0.2) is 68.3 Å². The molecule has 45 heavy (non-hydrogen) atoms. The van der Waals surface area contributed by atoms with Gasteiger partial charge in [0.1, 0.15) is 21.6 Å². The molecule has 9 nitrogen and oxygen atoms in total. The van der Waals surface area contributed by atoms with E-state index in [0.29, 0.717) is 64.7 Å². The number of amides is 1. The van der Waals surface area contributed by atoms with Crippen LogP contribution in [-0.2, 0) is 9.59 Å². The van der Waals surface area contributed by atoms with Crippen molar-refractivity contribution in [3.63, 3.8) is 0 Å². The van der Waals surface area contributed by atoms with Crippen LogP contribution in [0.1, 0.15) is 63.4 Å². The number of thioether (sulfide) groups is 1. The number of carboxylic acids is 1. The van der Waals surface area contributed by atoms with Crippen molar-refractivity contribution in [2.75, 3.05) is 42.5 Å². The van der Waals surface area contributed by atoms with Gasteiger partial charge in [-0.2, -0.15) is 0 Å². The smallest absolute Gasteiger partial charge is 0.303 e. The Bertz CT molecular complexity index is 1640. The minimum absolute atomic E-state index is 0.198. The lowest BCUT2D eigenvalue weighted by molar-refractivity contribution is -0.137. The van der Waals surface area contributed by atoms with Crippen molar-refractivity contribution >= 4 is 63.4 Å². The maximum absolute atomic E-state index is 14.4. The quantitative estimate of drug-likeness (QED) is 0.129. The number of hydrogen-bond acceptors (Lipinski definition) is 8. The summed E-state index contributed by atoms with van der Waals surface area (Å²) in [5.41, 5.74) is 1.14. The zero-order chi connectivity index (χ0) is 31.8. The van der Waals surface area contributed by atoms with Gasteiger partial charge >= 0.3 is 5.97 Å². The number of para-hydroxylation sites is 1. The number of rotatable bonds is 14. The summed E-state index contributed by atoms with van der Waals surface area (Å²) in [6.07, 6.45) is 11.3. The van der Waals surface area contributed by atoms with Crippen LogP contribution >= 0.6 is 24.0 Å². The highest BCUT2D eigenvalue weighted by Gasteiger charge is 2.33. The van der Waals surface area contributed by atoms with Crippen molar-refractivity contribution in [3.8, 4) is 0 Å². The fourth-order valence-corrected chi connectivity index (χ4v) is 7.05. The number of pyridine rings is 1. The van der Waals surface area contributed by atoms with Crippen molar-refractivity contribution in [2.24, 2.45) is 0 Å². The maximum atomic E-state index is 14.4. The highest BCUT2D eigenvalue weighted by atomic mass is 32.2. The second-order valence-corrected chi connectivity index (χ2v) is 13.0. The number of carbonyl (C=O) groups excluding carboxylic acids is 1. The summed E-state index contributed by atoms with van der Waals surface area (Å²) < 4.78 is 16.4. The summed E-state index contributed by atoms with van der Waals surface area (Å²) in [7, 11) is 0. The van der Waals surface area contributed by atoms with E-state index < -0.39 is 5.97 Å². The second kappa shape index (κ2) is 15.5. The van der Waals surface area contributed by atoms with E-state index in [1.165, 1.54) is 22.2 Å². The molecular formula is C33H38FN5O4S2. The molecule has 4 heterocycles. The molecular weight excluding hydrogens is 614 g/mol. The SMILES string of the molecule is O=C(O)CCCCCCCCCCN1C(=O)C(=Cc2c(N3CCN(c4ccccc4F)CC3)nc3ccccn3c2=O)SC1=S. The van der Waals surface area contributed by atoms with Gasteiger partial charge in [0, 0.05) is 45.3 Å².